The first-order valence-electron chi connectivity index (χ1n) is 6.32. The number of hydrogen-bond acceptors (Lipinski definition) is 5. The van der Waals surface area contributed by atoms with Gasteiger partial charge in [-0.05, 0) is 32.4 Å². The van der Waals surface area contributed by atoms with Crippen molar-refractivity contribution in [3.63, 3.8) is 0 Å². The van der Waals surface area contributed by atoms with E-state index < -0.39 is 14.9 Å². The van der Waals surface area contributed by atoms with E-state index in [4.69, 9.17) is 5.73 Å². The van der Waals surface area contributed by atoms with Crippen molar-refractivity contribution >= 4 is 15.7 Å². The lowest BCUT2D eigenvalue weighted by Crippen LogP contribution is -2.26. The molecule has 0 saturated heterocycles. The SMILES string of the molecule is Cc1cc(C)c(S(=O)(=O)NC/C=C/CN)c(C)c1[N+](=O)[O-]. The first kappa shape index (κ1) is 17.3. The number of hydrogen-bond donors (Lipinski definition) is 2. The molecule has 0 fully saturated rings. The van der Waals surface area contributed by atoms with Gasteiger partial charge in [-0.3, -0.25) is 10.1 Å². The average Bonchev–Trinajstić information content (AvgIpc) is 2.32. The van der Waals surface area contributed by atoms with E-state index in [2.05, 4.69) is 4.72 Å². The largest absolute Gasteiger partial charge is 0.327 e. The van der Waals surface area contributed by atoms with Gasteiger partial charge in [0.05, 0.1) is 9.82 Å². The van der Waals surface area contributed by atoms with Crippen molar-refractivity contribution in [2.24, 2.45) is 5.73 Å². The van der Waals surface area contributed by atoms with Crippen molar-refractivity contribution in [1.29, 1.82) is 0 Å². The molecule has 3 N–H and O–H groups in total. The summed E-state index contributed by atoms with van der Waals surface area (Å²) in [5.74, 6) is 0. The topological polar surface area (TPSA) is 115 Å². The molecule has 0 unspecified atom stereocenters. The standard InChI is InChI=1S/C13H19N3O4S/c1-9-8-10(2)13(11(3)12(9)16(17)18)21(19,20)15-7-5-4-6-14/h4-5,8,15H,6-7,14H2,1-3H3/b5-4+. The van der Waals surface area contributed by atoms with Crippen molar-refractivity contribution in [1.82, 2.24) is 4.72 Å². The minimum Gasteiger partial charge on any atom is -0.327 e. The Morgan fingerprint density at radius 3 is 2.43 bits per heavy atom. The molecule has 1 rings (SSSR count). The maximum atomic E-state index is 12.3. The lowest BCUT2D eigenvalue weighted by molar-refractivity contribution is -0.386. The van der Waals surface area contributed by atoms with Crippen LogP contribution in [0.4, 0.5) is 5.69 Å². The smallest absolute Gasteiger partial charge is 0.276 e. The summed E-state index contributed by atoms with van der Waals surface area (Å²) in [6.45, 7) is 5.05. The summed E-state index contributed by atoms with van der Waals surface area (Å²) in [7, 11) is -3.82. The minimum absolute atomic E-state index is 0.0408. The highest BCUT2D eigenvalue weighted by atomic mass is 32.2. The van der Waals surface area contributed by atoms with Crippen LogP contribution in [-0.4, -0.2) is 26.4 Å². The summed E-state index contributed by atoms with van der Waals surface area (Å²) < 4.78 is 27.0. The zero-order chi connectivity index (χ0) is 16.2. The summed E-state index contributed by atoms with van der Waals surface area (Å²) in [6, 6.07) is 1.51. The lowest BCUT2D eigenvalue weighted by Gasteiger charge is -2.13. The number of nitrogens with two attached hydrogens (primary N) is 1. The molecule has 8 heteroatoms. The lowest BCUT2D eigenvalue weighted by atomic mass is 10.1. The molecule has 0 spiro atoms. The van der Waals surface area contributed by atoms with Crippen LogP contribution >= 0.6 is 0 Å². The first-order valence-corrected chi connectivity index (χ1v) is 7.80. The molecular weight excluding hydrogens is 294 g/mol. The fourth-order valence-corrected chi connectivity index (χ4v) is 3.70. The van der Waals surface area contributed by atoms with Crippen molar-refractivity contribution in [3.05, 3.63) is 45.0 Å². The molecule has 7 nitrogen and oxygen atoms in total. The van der Waals surface area contributed by atoms with E-state index in [9.17, 15) is 18.5 Å². The van der Waals surface area contributed by atoms with E-state index >= 15 is 0 Å². The average molecular weight is 313 g/mol. The third-order valence-electron chi connectivity index (χ3n) is 3.01. The highest BCUT2D eigenvalue weighted by Gasteiger charge is 2.27. The number of nitrogens with zero attached hydrogens (tertiary/aromatic N) is 1. The molecule has 0 heterocycles. The molecule has 0 radical (unpaired) electrons. The Labute approximate surface area is 124 Å². The summed E-state index contributed by atoms with van der Waals surface area (Å²) >= 11 is 0. The Balaban J connectivity index is 3.33. The van der Waals surface area contributed by atoms with Gasteiger partial charge in [0.2, 0.25) is 10.0 Å². The normalized spacial score (nSPS) is 12.0. The quantitative estimate of drug-likeness (QED) is 0.467. The molecule has 0 aromatic heterocycles. The minimum atomic E-state index is -3.82. The van der Waals surface area contributed by atoms with Gasteiger partial charge < -0.3 is 5.73 Å². The van der Waals surface area contributed by atoms with Crippen LogP contribution in [0.5, 0.6) is 0 Å². The Morgan fingerprint density at radius 1 is 1.29 bits per heavy atom. The van der Waals surface area contributed by atoms with Crippen LogP contribution < -0.4 is 10.5 Å². The predicted octanol–water partition coefficient (Wildman–Crippen LogP) is 1.31. The van der Waals surface area contributed by atoms with Crippen LogP contribution in [0.1, 0.15) is 16.7 Å². The van der Waals surface area contributed by atoms with E-state index in [1.807, 2.05) is 0 Å². The van der Waals surface area contributed by atoms with Gasteiger partial charge in [0.15, 0.2) is 0 Å². The molecule has 0 amide bonds. The molecule has 116 valence electrons. The van der Waals surface area contributed by atoms with Crippen molar-refractivity contribution < 1.29 is 13.3 Å². The van der Waals surface area contributed by atoms with Gasteiger partial charge in [0.25, 0.3) is 5.69 Å². The summed E-state index contributed by atoms with van der Waals surface area (Å²) in [4.78, 5) is 10.5. The summed E-state index contributed by atoms with van der Waals surface area (Å²) in [5, 5.41) is 11.1. The Kier molecular flexibility index (Phi) is 5.59. The van der Waals surface area contributed by atoms with Crippen molar-refractivity contribution in [2.75, 3.05) is 13.1 Å². The van der Waals surface area contributed by atoms with Gasteiger partial charge in [-0.2, -0.15) is 0 Å². The van der Waals surface area contributed by atoms with Gasteiger partial charge in [0.1, 0.15) is 0 Å². The van der Waals surface area contributed by atoms with Crippen LogP contribution in [-0.2, 0) is 10.0 Å². The van der Waals surface area contributed by atoms with Crippen LogP contribution in [0.25, 0.3) is 0 Å². The fraction of sp³-hybridized carbons (Fsp3) is 0.385. The molecule has 0 aliphatic carbocycles. The fourth-order valence-electron chi connectivity index (χ4n) is 2.26. The Hall–Kier alpha value is -1.77. The molecule has 0 saturated carbocycles. The zero-order valence-electron chi connectivity index (χ0n) is 12.2. The van der Waals surface area contributed by atoms with Gasteiger partial charge in [0, 0.05) is 24.2 Å². The van der Waals surface area contributed by atoms with Crippen LogP contribution in [0.15, 0.2) is 23.1 Å². The monoisotopic (exact) mass is 313 g/mol. The Morgan fingerprint density at radius 2 is 1.90 bits per heavy atom. The molecule has 0 bridgehead atoms. The Bertz CT molecular complexity index is 681. The molecule has 0 atom stereocenters. The number of nitro benzene ring substituents is 1. The molecular formula is C13H19N3O4S. The summed E-state index contributed by atoms with van der Waals surface area (Å²) in [5.41, 5.74) is 6.17. The second-order valence-electron chi connectivity index (χ2n) is 4.63. The molecule has 21 heavy (non-hydrogen) atoms. The zero-order valence-corrected chi connectivity index (χ0v) is 13.0. The predicted molar refractivity (Wildman–Crippen MR) is 80.7 cm³/mol. The third-order valence-corrected chi connectivity index (χ3v) is 4.72. The van der Waals surface area contributed by atoms with E-state index in [1.165, 1.54) is 13.0 Å². The summed E-state index contributed by atoms with van der Waals surface area (Å²) in [6.07, 6.45) is 3.21. The third kappa shape index (κ3) is 3.87. The number of rotatable bonds is 6. The molecule has 1 aromatic rings. The maximum Gasteiger partial charge on any atom is 0.276 e. The highest BCUT2D eigenvalue weighted by Crippen LogP contribution is 2.31. The van der Waals surface area contributed by atoms with Crippen molar-refractivity contribution in [2.45, 2.75) is 25.7 Å². The molecule has 0 aliphatic rings. The maximum absolute atomic E-state index is 12.3. The molecule has 1 aromatic carbocycles. The van der Waals surface area contributed by atoms with Crippen molar-refractivity contribution in [3.8, 4) is 0 Å². The van der Waals surface area contributed by atoms with Crippen LogP contribution in [0, 0.1) is 30.9 Å². The van der Waals surface area contributed by atoms with E-state index in [0.29, 0.717) is 17.7 Å². The second-order valence-corrected chi connectivity index (χ2v) is 6.33. The first-order chi connectivity index (χ1) is 9.72. The van der Waals surface area contributed by atoms with E-state index in [1.54, 1.807) is 26.0 Å². The second kappa shape index (κ2) is 6.79. The van der Waals surface area contributed by atoms with Crippen LogP contribution in [0.3, 0.4) is 0 Å². The van der Waals surface area contributed by atoms with Gasteiger partial charge >= 0.3 is 0 Å². The number of nitro groups is 1. The molecule has 0 aliphatic heterocycles. The number of benzene rings is 1. The number of sulfonamides is 1. The van der Waals surface area contributed by atoms with Gasteiger partial charge in [-0.1, -0.05) is 12.2 Å². The van der Waals surface area contributed by atoms with Gasteiger partial charge in [-0.15, -0.1) is 0 Å². The number of nitrogens with one attached hydrogen (secondary N) is 1. The number of aryl methyl sites for hydroxylation is 2. The van der Waals surface area contributed by atoms with Crippen LogP contribution in [0.2, 0.25) is 0 Å². The van der Waals surface area contributed by atoms with E-state index in [-0.39, 0.29) is 22.7 Å². The highest BCUT2D eigenvalue weighted by molar-refractivity contribution is 7.89. The van der Waals surface area contributed by atoms with Gasteiger partial charge in [-0.25, -0.2) is 13.1 Å². The van der Waals surface area contributed by atoms with E-state index in [0.717, 1.165) is 0 Å².